The number of aromatic nitrogens is 5. The van der Waals surface area contributed by atoms with Crippen LogP contribution in [0.15, 0.2) is 29.2 Å². The first-order chi connectivity index (χ1) is 13.6. The zero-order valence-corrected chi connectivity index (χ0v) is 16.7. The molecule has 0 radical (unpaired) electrons. The molecule has 4 rings (SSSR count). The maximum atomic E-state index is 12.9. The van der Waals surface area contributed by atoms with Crippen molar-refractivity contribution in [2.75, 3.05) is 6.54 Å². The van der Waals surface area contributed by atoms with Crippen molar-refractivity contribution in [2.45, 2.75) is 38.6 Å². The number of likely N-dealkylation sites (tertiary alicyclic amines) is 1. The number of thiazole rings is 1. The van der Waals surface area contributed by atoms with Crippen molar-refractivity contribution in [3.63, 3.8) is 0 Å². The number of carbonyl (C=O) groups is 1. The molecule has 0 spiro atoms. The highest BCUT2D eigenvalue weighted by Gasteiger charge is 2.29. The topological polar surface area (TPSA) is 89.9 Å². The third kappa shape index (κ3) is 4.04. The zero-order valence-electron chi connectivity index (χ0n) is 15.9. The summed E-state index contributed by atoms with van der Waals surface area (Å²) in [5.41, 5.74) is 0.771. The monoisotopic (exact) mass is 398 g/mol. The van der Waals surface area contributed by atoms with Crippen molar-refractivity contribution in [2.24, 2.45) is 7.05 Å². The first kappa shape index (κ1) is 18.5. The smallest absolute Gasteiger partial charge is 0.261 e. The Kier molecular flexibility index (Phi) is 5.34. The number of carbonyl (C=O) groups excluding carboxylic acids is 1. The molecule has 146 valence electrons. The van der Waals surface area contributed by atoms with Gasteiger partial charge in [0.1, 0.15) is 0 Å². The van der Waals surface area contributed by atoms with Crippen molar-refractivity contribution in [1.82, 2.24) is 29.8 Å². The van der Waals surface area contributed by atoms with Crippen LogP contribution < -0.4 is 0 Å². The highest BCUT2D eigenvalue weighted by Crippen LogP contribution is 2.30. The number of hydrogen-bond donors (Lipinski definition) is 0. The molecule has 1 atom stereocenters. The summed E-state index contributed by atoms with van der Waals surface area (Å²) in [4.78, 5) is 24.5. The Hall–Kier alpha value is -2.81. The minimum Gasteiger partial charge on any atom is -0.334 e. The van der Waals surface area contributed by atoms with E-state index in [1.165, 1.54) is 0 Å². The van der Waals surface area contributed by atoms with Gasteiger partial charge in [-0.1, -0.05) is 18.0 Å². The Balaban J connectivity index is 1.56. The summed E-state index contributed by atoms with van der Waals surface area (Å²) in [5, 5.41) is 9.29. The maximum absolute atomic E-state index is 12.9. The maximum Gasteiger partial charge on any atom is 0.261 e. The highest BCUT2D eigenvalue weighted by atomic mass is 32.1. The Bertz CT molecular complexity index is 988. The SMILES string of the molecule is Cc1ncc(/C=C/C(=O)N2CCCCCC2c2noc(-c3cnn(C)c3)n2)s1. The van der Waals surface area contributed by atoms with Crippen LogP contribution in [-0.2, 0) is 11.8 Å². The van der Waals surface area contributed by atoms with Gasteiger partial charge in [-0.2, -0.15) is 10.1 Å². The fourth-order valence-corrected chi connectivity index (χ4v) is 4.05. The minimum atomic E-state index is -0.183. The van der Waals surface area contributed by atoms with E-state index in [1.54, 1.807) is 34.5 Å². The van der Waals surface area contributed by atoms with Crippen molar-refractivity contribution >= 4 is 23.3 Å². The fraction of sp³-hybridized carbons (Fsp3) is 0.421. The summed E-state index contributed by atoms with van der Waals surface area (Å²) >= 11 is 1.56. The molecule has 1 aliphatic rings. The van der Waals surface area contributed by atoms with E-state index < -0.39 is 0 Å². The molecule has 4 heterocycles. The van der Waals surface area contributed by atoms with Crippen LogP contribution in [0.3, 0.4) is 0 Å². The first-order valence-electron chi connectivity index (χ1n) is 9.34. The number of aryl methyl sites for hydroxylation is 2. The van der Waals surface area contributed by atoms with Gasteiger partial charge in [-0.05, 0) is 25.8 Å². The third-order valence-corrected chi connectivity index (χ3v) is 5.63. The number of rotatable bonds is 4. The Labute approximate surface area is 166 Å². The number of nitrogens with zero attached hydrogens (tertiary/aromatic N) is 6. The van der Waals surface area contributed by atoms with Gasteiger partial charge in [0.15, 0.2) is 5.82 Å². The molecule has 1 unspecified atom stereocenters. The van der Waals surface area contributed by atoms with E-state index in [4.69, 9.17) is 4.52 Å². The summed E-state index contributed by atoms with van der Waals surface area (Å²) in [6, 6.07) is -0.183. The average molecular weight is 398 g/mol. The molecule has 0 aliphatic carbocycles. The molecule has 3 aromatic heterocycles. The normalized spacial score (nSPS) is 17.9. The summed E-state index contributed by atoms with van der Waals surface area (Å²) in [7, 11) is 1.84. The molecule has 28 heavy (non-hydrogen) atoms. The lowest BCUT2D eigenvalue weighted by Crippen LogP contribution is -2.34. The lowest BCUT2D eigenvalue weighted by molar-refractivity contribution is -0.128. The molecule has 1 amide bonds. The van der Waals surface area contributed by atoms with E-state index in [-0.39, 0.29) is 11.9 Å². The Morgan fingerprint density at radius 3 is 2.96 bits per heavy atom. The fourth-order valence-electron chi connectivity index (χ4n) is 3.36. The predicted octanol–water partition coefficient (Wildman–Crippen LogP) is 3.39. The summed E-state index contributed by atoms with van der Waals surface area (Å²) in [6.45, 7) is 2.64. The van der Waals surface area contributed by atoms with Crippen LogP contribution in [0.5, 0.6) is 0 Å². The average Bonchev–Trinajstić information content (AvgIpc) is 3.38. The minimum absolute atomic E-state index is 0.0364. The molecular weight excluding hydrogens is 376 g/mol. The van der Waals surface area contributed by atoms with Crippen LogP contribution in [0, 0.1) is 6.92 Å². The first-order valence-corrected chi connectivity index (χ1v) is 10.2. The van der Waals surface area contributed by atoms with E-state index >= 15 is 0 Å². The van der Waals surface area contributed by atoms with Crippen LogP contribution >= 0.6 is 11.3 Å². The van der Waals surface area contributed by atoms with Crippen molar-refractivity contribution in [1.29, 1.82) is 0 Å². The molecule has 0 N–H and O–H groups in total. The van der Waals surface area contributed by atoms with Gasteiger partial charge in [-0.3, -0.25) is 9.48 Å². The second-order valence-corrected chi connectivity index (χ2v) is 8.14. The quantitative estimate of drug-likeness (QED) is 0.626. The zero-order chi connectivity index (χ0) is 19.5. The molecule has 3 aromatic rings. The van der Waals surface area contributed by atoms with Crippen LogP contribution in [0.2, 0.25) is 0 Å². The van der Waals surface area contributed by atoms with Gasteiger partial charge in [0.25, 0.3) is 5.89 Å². The summed E-state index contributed by atoms with van der Waals surface area (Å²) in [6.07, 6.45) is 12.7. The van der Waals surface area contributed by atoms with Gasteiger partial charge in [0, 0.05) is 36.9 Å². The van der Waals surface area contributed by atoms with Crippen molar-refractivity contribution in [3.8, 4) is 11.5 Å². The van der Waals surface area contributed by atoms with Crippen molar-refractivity contribution in [3.05, 3.63) is 40.4 Å². The molecule has 1 saturated heterocycles. The van der Waals surface area contributed by atoms with E-state index in [9.17, 15) is 4.79 Å². The van der Waals surface area contributed by atoms with Gasteiger partial charge in [0.2, 0.25) is 5.91 Å². The molecule has 1 fully saturated rings. The molecule has 1 aliphatic heterocycles. The number of hydrogen-bond acceptors (Lipinski definition) is 7. The van der Waals surface area contributed by atoms with E-state index in [1.807, 2.05) is 31.1 Å². The standard InChI is InChI=1S/C19H22N6O2S/c1-13-20-11-15(28-13)7-8-17(26)25-9-5-3-4-6-16(25)18-22-19(27-23-18)14-10-21-24(2)12-14/h7-8,10-12,16H,3-6,9H2,1-2H3/b8-7+. The van der Waals surface area contributed by atoms with Crippen molar-refractivity contribution < 1.29 is 9.32 Å². The van der Waals surface area contributed by atoms with Gasteiger partial charge < -0.3 is 9.42 Å². The lowest BCUT2D eigenvalue weighted by Gasteiger charge is -2.26. The molecule has 9 heteroatoms. The van der Waals surface area contributed by atoms with E-state index in [0.29, 0.717) is 18.3 Å². The summed E-state index contributed by atoms with van der Waals surface area (Å²) in [5.74, 6) is 0.942. The van der Waals surface area contributed by atoms with E-state index in [0.717, 1.165) is 41.1 Å². The van der Waals surface area contributed by atoms with Gasteiger partial charge >= 0.3 is 0 Å². The van der Waals surface area contributed by atoms with Gasteiger partial charge in [-0.25, -0.2) is 4.98 Å². The summed E-state index contributed by atoms with van der Waals surface area (Å²) < 4.78 is 7.13. The van der Waals surface area contributed by atoms with Crippen LogP contribution in [0.1, 0.15) is 47.4 Å². The largest absolute Gasteiger partial charge is 0.334 e. The van der Waals surface area contributed by atoms with E-state index in [2.05, 4.69) is 20.2 Å². The van der Waals surface area contributed by atoms with Crippen LogP contribution in [0.25, 0.3) is 17.5 Å². The molecule has 8 nitrogen and oxygen atoms in total. The lowest BCUT2D eigenvalue weighted by atomic mass is 10.1. The Morgan fingerprint density at radius 1 is 1.32 bits per heavy atom. The second kappa shape index (κ2) is 8.05. The highest BCUT2D eigenvalue weighted by molar-refractivity contribution is 7.12. The van der Waals surface area contributed by atoms with Crippen LogP contribution in [0.4, 0.5) is 0 Å². The predicted molar refractivity (Wildman–Crippen MR) is 105 cm³/mol. The second-order valence-electron chi connectivity index (χ2n) is 6.87. The molecule has 0 saturated carbocycles. The molecular formula is C19H22N6O2S. The van der Waals surface area contributed by atoms with Gasteiger partial charge in [0.05, 0.1) is 22.8 Å². The third-order valence-electron chi connectivity index (χ3n) is 4.76. The number of amides is 1. The van der Waals surface area contributed by atoms with Gasteiger partial charge in [-0.15, -0.1) is 11.3 Å². The molecule has 0 bridgehead atoms. The van der Waals surface area contributed by atoms with Crippen LogP contribution in [-0.4, -0.2) is 42.3 Å². The Morgan fingerprint density at radius 2 is 2.21 bits per heavy atom. The molecule has 0 aromatic carbocycles.